The highest BCUT2D eigenvalue weighted by molar-refractivity contribution is 8.00. The number of hydrogen-bond donors (Lipinski definition) is 0. The molecule has 0 bridgehead atoms. The number of Topliss-reactive ketones (excluding diaryl/α,β-unsaturated/α-hetero) is 1. The molecule has 0 aromatic rings. The van der Waals surface area contributed by atoms with Gasteiger partial charge in [-0.25, -0.2) is 0 Å². The summed E-state index contributed by atoms with van der Waals surface area (Å²) in [4.78, 5) is 11.6. The van der Waals surface area contributed by atoms with Gasteiger partial charge in [-0.2, -0.15) is 11.8 Å². The largest absolute Gasteiger partial charge is 0.299 e. The molecule has 1 nitrogen and oxygen atoms in total. The van der Waals surface area contributed by atoms with Crippen LogP contribution in [0.15, 0.2) is 0 Å². The highest BCUT2D eigenvalue weighted by Crippen LogP contribution is 2.41. The Morgan fingerprint density at radius 1 is 1.54 bits per heavy atom. The van der Waals surface area contributed by atoms with Crippen LogP contribution in [0.1, 0.15) is 46.5 Å². The average molecular weight is 200 g/mol. The summed E-state index contributed by atoms with van der Waals surface area (Å²) in [5.74, 6) is 2.00. The summed E-state index contributed by atoms with van der Waals surface area (Å²) < 4.78 is 0.369. The Bertz CT molecular complexity index is 191. The molecule has 2 heteroatoms. The molecule has 2 unspecified atom stereocenters. The van der Waals surface area contributed by atoms with Gasteiger partial charge in [-0.05, 0) is 25.0 Å². The van der Waals surface area contributed by atoms with E-state index in [4.69, 9.17) is 0 Å². The number of hydrogen-bond acceptors (Lipinski definition) is 2. The van der Waals surface area contributed by atoms with E-state index in [1.165, 1.54) is 12.2 Å². The lowest BCUT2D eigenvalue weighted by Gasteiger charge is -2.36. The van der Waals surface area contributed by atoms with Crippen LogP contribution in [-0.2, 0) is 4.79 Å². The molecule has 0 aliphatic carbocycles. The van der Waals surface area contributed by atoms with Gasteiger partial charge < -0.3 is 0 Å². The van der Waals surface area contributed by atoms with Crippen LogP contribution in [-0.4, -0.2) is 16.3 Å². The van der Waals surface area contributed by atoms with E-state index >= 15 is 0 Å². The Kier molecular flexibility index (Phi) is 3.84. The van der Waals surface area contributed by atoms with E-state index in [1.54, 1.807) is 0 Å². The third-order valence-electron chi connectivity index (χ3n) is 3.15. The second-order valence-electron chi connectivity index (χ2n) is 4.16. The van der Waals surface area contributed by atoms with E-state index in [9.17, 15) is 4.79 Å². The van der Waals surface area contributed by atoms with Crippen LogP contribution in [0.3, 0.4) is 0 Å². The standard InChI is InChI=1S/C11H20OS/c1-4-10(12)9-6-7-13-11(3,5-2)8-9/h9H,4-8H2,1-3H3. The predicted octanol–water partition coefficient (Wildman–Crippen LogP) is 3.28. The number of ketones is 1. The van der Waals surface area contributed by atoms with Gasteiger partial charge in [0.2, 0.25) is 0 Å². The Hall–Kier alpha value is 0.0200. The maximum absolute atomic E-state index is 11.6. The fourth-order valence-corrected chi connectivity index (χ4v) is 3.36. The molecule has 0 radical (unpaired) electrons. The van der Waals surface area contributed by atoms with Gasteiger partial charge in [-0.3, -0.25) is 4.79 Å². The maximum Gasteiger partial charge on any atom is 0.135 e. The van der Waals surface area contributed by atoms with Crippen molar-refractivity contribution >= 4 is 17.5 Å². The molecule has 76 valence electrons. The van der Waals surface area contributed by atoms with Crippen molar-refractivity contribution in [2.24, 2.45) is 5.92 Å². The van der Waals surface area contributed by atoms with E-state index < -0.39 is 0 Å². The first-order valence-electron chi connectivity index (χ1n) is 5.28. The molecule has 0 N–H and O–H groups in total. The van der Waals surface area contributed by atoms with Crippen LogP contribution in [0.25, 0.3) is 0 Å². The van der Waals surface area contributed by atoms with Gasteiger partial charge in [0, 0.05) is 17.1 Å². The molecule has 1 aliphatic rings. The van der Waals surface area contributed by atoms with Gasteiger partial charge in [0.1, 0.15) is 5.78 Å². The molecule has 13 heavy (non-hydrogen) atoms. The maximum atomic E-state index is 11.6. The third-order valence-corrected chi connectivity index (χ3v) is 4.74. The van der Waals surface area contributed by atoms with Crippen LogP contribution in [0.4, 0.5) is 0 Å². The number of thioether (sulfide) groups is 1. The Morgan fingerprint density at radius 2 is 2.23 bits per heavy atom. The molecule has 1 fully saturated rings. The summed E-state index contributed by atoms with van der Waals surface area (Å²) in [5, 5.41) is 0. The average Bonchev–Trinajstić information content (AvgIpc) is 2.17. The first-order valence-corrected chi connectivity index (χ1v) is 6.26. The van der Waals surface area contributed by atoms with Crippen molar-refractivity contribution in [3.63, 3.8) is 0 Å². The van der Waals surface area contributed by atoms with Gasteiger partial charge in [0.15, 0.2) is 0 Å². The zero-order valence-corrected chi connectivity index (χ0v) is 9.75. The summed E-state index contributed by atoms with van der Waals surface area (Å²) in [6.07, 6.45) is 4.11. The summed E-state index contributed by atoms with van der Waals surface area (Å²) in [5.41, 5.74) is 0. The molecular weight excluding hydrogens is 180 g/mol. The fourth-order valence-electron chi connectivity index (χ4n) is 1.94. The molecule has 1 heterocycles. The molecular formula is C11H20OS. The first kappa shape index (κ1) is 11.1. The molecule has 1 rings (SSSR count). The molecule has 2 atom stereocenters. The Balaban J connectivity index is 2.56. The first-order chi connectivity index (χ1) is 6.11. The number of carbonyl (C=O) groups is 1. The number of rotatable bonds is 3. The molecule has 1 saturated heterocycles. The number of carbonyl (C=O) groups excluding carboxylic acids is 1. The van der Waals surface area contributed by atoms with Crippen molar-refractivity contribution in [2.75, 3.05) is 5.75 Å². The smallest absolute Gasteiger partial charge is 0.135 e. The van der Waals surface area contributed by atoms with Crippen molar-refractivity contribution < 1.29 is 4.79 Å². The van der Waals surface area contributed by atoms with Crippen molar-refractivity contribution in [2.45, 2.75) is 51.2 Å². The van der Waals surface area contributed by atoms with Gasteiger partial charge in [-0.1, -0.05) is 20.8 Å². The molecule has 0 spiro atoms. The lowest BCUT2D eigenvalue weighted by molar-refractivity contribution is -0.123. The van der Waals surface area contributed by atoms with E-state index in [0.717, 1.165) is 19.3 Å². The van der Waals surface area contributed by atoms with Crippen LogP contribution in [0.2, 0.25) is 0 Å². The predicted molar refractivity (Wildman–Crippen MR) is 59.2 cm³/mol. The van der Waals surface area contributed by atoms with E-state index in [0.29, 0.717) is 16.4 Å². The van der Waals surface area contributed by atoms with Gasteiger partial charge in [0.05, 0.1) is 0 Å². The van der Waals surface area contributed by atoms with Gasteiger partial charge in [-0.15, -0.1) is 0 Å². The second-order valence-corrected chi connectivity index (χ2v) is 5.84. The van der Waals surface area contributed by atoms with Crippen LogP contribution < -0.4 is 0 Å². The van der Waals surface area contributed by atoms with E-state index in [-0.39, 0.29) is 0 Å². The van der Waals surface area contributed by atoms with Crippen molar-refractivity contribution in [1.82, 2.24) is 0 Å². The highest BCUT2D eigenvalue weighted by atomic mass is 32.2. The van der Waals surface area contributed by atoms with Crippen molar-refractivity contribution in [1.29, 1.82) is 0 Å². The minimum Gasteiger partial charge on any atom is -0.299 e. The van der Waals surface area contributed by atoms with Gasteiger partial charge in [0.25, 0.3) is 0 Å². The zero-order chi connectivity index (χ0) is 9.90. The topological polar surface area (TPSA) is 17.1 Å². The van der Waals surface area contributed by atoms with Gasteiger partial charge >= 0.3 is 0 Å². The second kappa shape index (κ2) is 4.50. The normalized spacial score (nSPS) is 34.5. The molecule has 0 aromatic heterocycles. The summed E-state index contributed by atoms with van der Waals surface area (Å²) in [7, 11) is 0. The monoisotopic (exact) mass is 200 g/mol. The lowest BCUT2D eigenvalue weighted by atomic mass is 9.87. The van der Waals surface area contributed by atoms with Crippen LogP contribution >= 0.6 is 11.8 Å². The summed E-state index contributed by atoms with van der Waals surface area (Å²) in [6, 6.07) is 0. The third kappa shape index (κ3) is 2.73. The summed E-state index contributed by atoms with van der Waals surface area (Å²) >= 11 is 2.04. The summed E-state index contributed by atoms with van der Waals surface area (Å²) in [6.45, 7) is 6.51. The Labute approximate surface area is 85.7 Å². The van der Waals surface area contributed by atoms with Crippen molar-refractivity contribution in [3.8, 4) is 0 Å². The zero-order valence-electron chi connectivity index (χ0n) is 8.93. The SMILES string of the molecule is CCC(=O)C1CCSC(C)(CC)C1. The van der Waals surface area contributed by atoms with E-state index in [1.807, 2.05) is 18.7 Å². The minimum absolute atomic E-state index is 0.358. The minimum atomic E-state index is 0.358. The molecule has 0 amide bonds. The quantitative estimate of drug-likeness (QED) is 0.695. The van der Waals surface area contributed by atoms with Crippen LogP contribution in [0, 0.1) is 5.92 Å². The highest BCUT2D eigenvalue weighted by Gasteiger charge is 2.33. The fraction of sp³-hybridized carbons (Fsp3) is 0.909. The Morgan fingerprint density at radius 3 is 2.77 bits per heavy atom. The lowest BCUT2D eigenvalue weighted by Crippen LogP contribution is -2.32. The van der Waals surface area contributed by atoms with E-state index in [2.05, 4.69) is 13.8 Å². The van der Waals surface area contributed by atoms with Crippen molar-refractivity contribution in [3.05, 3.63) is 0 Å². The molecule has 0 saturated carbocycles. The molecule has 0 aromatic carbocycles. The van der Waals surface area contributed by atoms with Crippen LogP contribution in [0.5, 0.6) is 0 Å². The molecule has 1 aliphatic heterocycles.